The molecule has 0 atom stereocenters. The third-order valence-corrected chi connectivity index (χ3v) is 0. The van der Waals surface area contributed by atoms with Crippen molar-refractivity contribution in [3.05, 3.63) is 0 Å². The van der Waals surface area contributed by atoms with Gasteiger partial charge in [-0.05, 0) is 6.16 Å². The van der Waals surface area contributed by atoms with Gasteiger partial charge in [-0.1, -0.05) is 0 Å². The number of hydrogen-bond acceptors (Lipinski definition) is 4. The zero-order valence-electron chi connectivity index (χ0n) is 3.14. The van der Waals surface area contributed by atoms with Crippen LogP contribution in [0.15, 0.2) is 0 Å². The van der Waals surface area contributed by atoms with Crippen molar-refractivity contribution in [1.82, 2.24) is 0 Å². The van der Waals surface area contributed by atoms with Gasteiger partial charge in [-0.2, -0.15) is 0 Å². The predicted octanol–water partition coefficient (Wildman–Crippen LogP) is -2.95. The molecule has 0 rings (SSSR count). The van der Waals surface area contributed by atoms with Crippen LogP contribution in [0.4, 0.5) is 4.79 Å². The van der Waals surface area contributed by atoms with E-state index in [1.807, 2.05) is 0 Å². The van der Waals surface area contributed by atoms with Crippen molar-refractivity contribution in [2.45, 2.75) is 0 Å². The molecule has 0 aromatic carbocycles. The zero-order valence-corrected chi connectivity index (χ0v) is 6.29. The molecule has 0 spiro atoms. The summed E-state index contributed by atoms with van der Waals surface area (Å²) in [4.78, 5) is 8.33. The van der Waals surface area contributed by atoms with E-state index in [-0.39, 0.29) is 37.7 Å². The molecule has 0 saturated heterocycles. The predicted molar refractivity (Wildman–Crippen MR) is 11.8 cm³/mol. The van der Waals surface area contributed by atoms with Crippen LogP contribution in [0.25, 0.3) is 0 Å². The van der Waals surface area contributed by atoms with Crippen LogP contribution < -0.4 is 10.2 Å². The second-order valence-electron chi connectivity index (χ2n) is 0.250. The first-order chi connectivity index (χ1) is 2.73. The Labute approximate surface area is 77.9 Å². The van der Waals surface area contributed by atoms with E-state index in [1.165, 1.54) is 0 Å². The molecule has 0 N–H and O–H groups in total. The molecule has 0 aromatic heterocycles. The van der Waals surface area contributed by atoms with Crippen molar-refractivity contribution >= 4 is 43.9 Å². The van der Waals surface area contributed by atoms with E-state index in [1.54, 1.807) is 0 Å². The Kier molecular flexibility index (Phi) is 35.4. The maximum atomic E-state index is 8.33. The molecule has 0 aliphatic rings. The zero-order chi connectivity index (χ0) is 5.58. The summed E-state index contributed by atoms with van der Waals surface area (Å²) in [5, 5.41) is 16.7. The summed E-state index contributed by atoms with van der Waals surface area (Å²) >= 11 is 2.94. The van der Waals surface area contributed by atoms with Gasteiger partial charge >= 0.3 is 57.5 Å². The van der Waals surface area contributed by atoms with Gasteiger partial charge in [-0.25, -0.2) is 0 Å². The molecule has 0 aliphatic heterocycles. The van der Waals surface area contributed by atoms with E-state index < -0.39 is 6.16 Å². The quantitative estimate of drug-likeness (QED) is 0.373. The molecule has 0 amide bonds. The van der Waals surface area contributed by atoms with Crippen LogP contribution >= 0.6 is 0 Å². The van der Waals surface area contributed by atoms with Crippen LogP contribution in [0.1, 0.15) is 0 Å². The van der Waals surface area contributed by atoms with Crippen LogP contribution in [-0.4, -0.2) is 43.9 Å². The van der Waals surface area contributed by atoms with Gasteiger partial charge < -0.3 is 15.0 Å². The summed E-state index contributed by atoms with van der Waals surface area (Å²) in [6, 6.07) is 0. The monoisotopic (exact) mass is 179 g/mol. The fourth-order valence-corrected chi connectivity index (χ4v) is 0. The van der Waals surface area contributed by atoms with Crippen LogP contribution in [-0.2, 0) is 19.8 Å². The van der Waals surface area contributed by atoms with Gasteiger partial charge in [0.2, 0.25) is 0 Å². The first-order valence-electron chi connectivity index (χ1n) is 0.735. The van der Waals surface area contributed by atoms with Crippen molar-refractivity contribution < 1.29 is 34.8 Å². The molecule has 0 aromatic rings. The minimum absolute atomic E-state index is 0. The molecule has 0 fully saturated rings. The maximum absolute atomic E-state index is 8.33. The first-order valence-corrected chi connectivity index (χ1v) is 1.12. The van der Waals surface area contributed by atoms with E-state index in [4.69, 9.17) is 18.8 Å². The van der Waals surface area contributed by atoms with Gasteiger partial charge in [0.1, 0.15) is 0 Å². The molecule has 0 aliphatic carbocycles. The average molecular weight is 180 g/mol. The fourth-order valence-electron chi connectivity index (χ4n) is 0. The van der Waals surface area contributed by atoms with Crippen molar-refractivity contribution in [2.24, 2.45) is 0 Å². The van der Waals surface area contributed by atoms with E-state index >= 15 is 0 Å². The number of carboxylic acid groups (broad SMARTS) is 2. The molecule has 6 heteroatoms. The topological polar surface area (TPSA) is 80.3 Å². The van der Waals surface area contributed by atoms with E-state index in [0.717, 1.165) is 0 Å². The normalized spacial score (nSPS) is 4.29. The summed E-state index contributed by atoms with van der Waals surface area (Å²) < 4.78 is 7.81. The molecule has 4 nitrogen and oxygen atoms in total. The summed E-state index contributed by atoms with van der Waals surface area (Å²) in [6.45, 7) is 0. The van der Waals surface area contributed by atoms with Crippen LogP contribution in [0.5, 0.6) is 0 Å². The third-order valence-electron chi connectivity index (χ3n) is 0. The van der Waals surface area contributed by atoms with Crippen molar-refractivity contribution in [3.63, 3.8) is 0 Å². The Bertz CT molecular complexity index is 43.0. The molecule has 0 saturated carbocycles. The van der Waals surface area contributed by atoms with Gasteiger partial charge in [-0.3, -0.25) is 0 Å². The second-order valence-corrected chi connectivity index (χ2v) is 0.250. The number of hydrogen-bond donors (Lipinski definition) is 0. The third kappa shape index (κ3) is 223. The fraction of sp³-hybridized carbons (Fsp3) is 0. The Balaban J connectivity index is -0.0000000480. The van der Waals surface area contributed by atoms with Crippen LogP contribution in [0.2, 0.25) is 0 Å². The minimum atomic E-state index is -2.33. The van der Waals surface area contributed by atoms with Crippen molar-refractivity contribution in [3.8, 4) is 0 Å². The van der Waals surface area contributed by atoms with Gasteiger partial charge in [0, 0.05) is 0 Å². The number of rotatable bonds is 0. The molecule has 7 heavy (non-hydrogen) atoms. The molecular weight excluding hydrogens is 180 g/mol. The summed E-state index contributed by atoms with van der Waals surface area (Å²) in [5.74, 6) is 0. The summed E-state index contributed by atoms with van der Waals surface area (Å²) in [6.07, 6.45) is -2.33. The summed E-state index contributed by atoms with van der Waals surface area (Å²) in [7, 11) is 0. The SMILES string of the molecule is O=C([O-])[O-].[Ca+2].[O]=[Cu]. The molecule has 0 radical (unpaired) electrons. The Hall–Kier alpha value is 0.849. The van der Waals surface area contributed by atoms with Gasteiger partial charge in [0.15, 0.2) is 0 Å². The van der Waals surface area contributed by atoms with Crippen LogP contribution in [0.3, 0.4) is 0 Å². The van der Waals surface area contributed by atoms with Gasteiger partial charge in [0.25, 0.3) is 0 Å². The first kappa shape index (κ1) is 15.7. The molecule has 0 heterocycles. The molecular formula is CCaCuO4. The van der Waals surface area contributed by atoms with Crippen molar-refractivity contribution in [1.29, 1.82) is 0 Å². The number of carbonyl (C=O) groups is 1. The molecule has 41 valence electrons. The molecule has 0 unspecified atom stereocenters. The Morgan fingerprint density at radius 1 is 1.29 bits per heavy atom. The average Bonchev–Trinajstić information content (AvgIpc) is 1.41. The van der Waals surface area contributed by atoms with E-state index in [2.05, 4.69) is 15.9 Å². The van der Waals surface area contributed by atoms with Gasteiger partial charge in [0.05, 0.1) is 0 Å². The van der Waals surface area contributed by atoms with Gasteiger partial charge in [-0.15, -0.1) is 0 Å². The van der Waals surface area contributed by atoms with Crippen LogP contribution in [0, 0.1) is 0 Å². The molecule has 0 bridgehead atoms. The standard InChI is InChI=1S/CH2O3.Ca.Cu.O/c2-1(3)4;;;/h(H2,2,3,4);;;/q;+2;;/p-2. The Morgan fingerprint density at radius 2 is 1.29 bits per heavy atom. The second kappa shape index (κ2) is 15.8. The Morgan fingerprint density at radius 3 is 1.29 bits per heavy atom. The van der Waals surface area contributed by atoms with Crippen molar-refractivity contribution in [2.75, 3.05) is 0 Å². The number of carbonyl (C=O) groups excluding carboxylic acids is 1. The van der Waals surface area contributed by atoms with E-state index in [9.17, 15) is 0 Å². The summed E-state index contributed by atoms with van der Waals surface area (Å²) in [5.41, 5.74) is 0. The van der Waals surface area contributed by atoms with E-state index in [0.29, 0.717) is 0 Å².